The minimum atomic E-state index is 0.101. The number of carbonyl (C=O) groups is 1. The van der Waals surface area contributed by atoms with Crippen molar-refractivity contribution in [3.63, 3.8) is 0 Å². The third-order valence-electron chi connectivity index (χ3n) is 4.05. The third kappa shape index (κ3) is 3.35. The summed E-state index contributed by atoms with van der Waals surface area (Å²) in [5.41, 5.74) is 1.36. The molecule has 1 heterocycles. The summed E-state index contributed by atoms with van der Waals surface area (Å²) in [7, 11) is 0. The highest BCUT2D eigenvalue weighted by Crippen LogP contribution is 2.22. The van der Waals surface area contributed by atoms with Gasteiger partial charge in [0.25, 0.3) is 0 Å². The summed E-state index contributed by atoms with van der Waals surface area (Å²) in [6.45, 7) is 1.83. The van der Waals surface area contributed by atoms with E-state index in [2.05, 4.69) is 29.6 Å². The molecule has 1 unspecified atom stereocenters. The minimum Gasteiger partial charge on any atom is -0.341 e. The Bertz CT molecular complexity index is 428. The Hall–Kier alpha value is -1.35. The number of aryl methyl sites for hydroxylation is 1. The fourth-order valence-electron chi connectivity index (χ4n) is 2.77. The van der Waals surface area contributed by atoms with Crippen LogP contribution in [0.2, 0.25) is 0 Å². The van der Waals surface area contributed by atoms with E-state index in [1.54, 1.807) is 0 Å². The Morgan fingerprint density at radius 2 is 1.95 bits per heavy atom. The van der Waals surface area contributed by atoms with E-state index in [0.29, 0.717) is 11.9 Å². The van der Waals surface area contributed by atoms with Crippen LogP contribution in [0.3, 0.4) is 0 Å². The van der Waals surface area contributed by atoms with Gasteiger partial charge in [-0.1, -0.05) is 30.3 Å². The van der Waals surface area contributed by atoms with Gasteiger partial charge in [0.2, 0.25) is 5.91 Å². The van der Waals surface area contributed by atoms with E-state index >= 15 is 0 Å². The highest BCUT2D eigenvalue weighted by atomic mass is 16.2. The average Bonchev–Trinajstić information content (AvgIpc) is 3.19. The van der Waals surface area contributed by atoms with Crippen LogP contribution in [0.25, 0.3) is 0 Å². The zero-order chi connectivity index (χ0) is 13.1. The number of hydrogen-bond acceptors (Lipinski definition) is 2. The normalized spacial score (nSPS) is 23.1. The Morgan fingerprint density at radius 1 is 1.16 bits per heavy atom. The van der Waals surface area contributed by atoms with Crippen molar-refractivity contribution in [1.82, 2.24) is 10.2 Å². The molecule has 1 saturated heterocycles. The average molecular weight is 258 g/mol. The molecule has 2 fully saturated rings. The lowest BCUT2D eigenvalue weighted by Gasteiger charge is -2.17. The van der Waals surface area contributed by atoms with Gasteiger partial charge in [0.15, 0.2) is 0 Å². The first-order chi connectivity index (χ1) is 9.33. The Balaban J connectivity index is 1.42. The van der Waals surface area contributed by atoms with Crippen molar-refractivity contribution in [2.45, 2.75) is 44.2 Å². The van der Waals surface area contributed by atoms with Crippen LogP contribution in [0.1, 0.15) is 31.2 Å². The number of likely N-dealkylation sites (tertiary alicyclic amines) is 1. The molecule has 1 amide bonds. The van der Waals surface area contributed by atoms with Crippen LogP contribution in [0.15, 0.2) is 30.3 Å². The van der Waals surface area contributed by atoms with Crippen molar-refractivity contribution in [2.75, 3.05) is 13.1 Å². The predicted molar refractivity (Wildman–Crippen MR) is 75.9 cm³/mol. The van der Waals surface area contributed by atoms with Crippen molar-refractivity contribution in [2.24, 2.45) is 0 Å². The largest absolute Gasteiger partial charge is 0.341 e. The van der Waals surface area contributed by atoms with Gasteiger partial charge < -0.3 is 10.2 Å². The van der Waals surface area contributed by atoms with E-state index in [0.717, 1.165) is 32.4 Å². The van der Waals surface area contributed by atoms with E-state index in [-0.39, 0.29) is 6.04 Å². The number of carbonyl (C=O) groups excluding carboxylic acids is 1. The SMILES string of the molecule is O=C1C(NC2CC2)CCN1CCCc1ccccc1. The quantitative estimate of drug-likeness (QED) is 0.846. The lowest BCUT2D eigenvalue weighted by atomic mass is 10.1. The maximum Gasteiger partial charge on any atom is 0.239 e. The number of nitrogens with one attached hydrogen (secondary N) is 1. The van der Waals surface area contributed by atoms with Gasteiger partial charge in [0.05, 0.1) is 6.04 Å². The Labute approximate surface area is 115 Å². The minimum absolute atomic E-state index is 0.101. The molecule has 0 spiro atoms. The number of benzene rings is 1. The van der Waals surface area contributed by atoms with Crippen LogP contribution in [0, 0.1) is 0 Å². The standard InChI is InChI=1S/C16H22N2O/c19-16-15(17-14-8-9-14)10-12-18(16)11-4-7-13-5-2-1-3-6-13/h1-3,5-6,14-15,17H,4,7-12H2. The zero-order valence-corrected chi connectivity index (χ0v) is 11.3. The molecule has 102 valence electrons. The highest BCUT2D eigenvalue weighted by Gasteiger charge is 2.35. The number of amides is 1. The molecule has 0 radical (unpaired) electrons. The van der Waals surface area contributed by atoms with Gasteiger partial charge in [0.1, 0.15) is 0 Å². The number of hydrogen-bond donors (Lipinski definition) is 1. The summed E-state index contributed by atoms with van der Waals surface area (Å²) in [5, 5.41) is 3.45. The van der Waals surface area contributed by atoms with Crippen molar-refractivity contribution in [1.29, 1.82) is 0 Å². The lowest BCUT2D eigenvalue weighted by molar-refractivity contribution is -0.129. The summed E-state index contributed by atoms with van der Waals surface area (Å²) in [5.74, 6) is 0.319. The summed E-state index contributed by atoms with van der Waals surface area (Å²) >= 11 is 0. The first-order valence-electron chi connectivity index (χ1n) is 7.42. The monoisotopic (exact) mass is 258 g/mol. The summed E-state index contributed by atoms with van der Waals surface area (Å²) in [6.07, 6.45) is 5.60. The maximum absolute atomic E-state index is 12.2. The number of nitrogens with zero attached hydrogens (tertiary/aromatic N) is 1. The first-order valence-corrected chi connectivity index (χ1v) is 7.42. The molecule has 19 heavy (non-hydrogen) atoms. The van der Waals surface area contributed by atoms with E-state index in [4.69, 9.17) is 0 Å². The fourth-order valence-corrected chi connectivity index (χ4v) is 2.77. The van der Waals surface area contributed by atoms with E-state index in [1.165, 1.54) is 18.4 Å². The van der Waals surface area contributed by atoms with Crippen molar-refractivity contribution in [3.8, 4) is 0 Å². The van der Waals surface area contributed by atoms with Crippen LogP contribution >= 0.6 is 0 Å². The fraction of sp³-hybridized carbons (Fsp3) is 0.562. The summed E-state index contributed by atoms with van der Waals surface area (Å²) < 4.78 is 0. The summed E-state index contributed by atoms with van der Waals surface area (Å²) in [4.78, 5) is 14.2. The van der Waals surface area contributed by atoms with Crippen LogP contribution in [-0.4, -0.2) is 36.0 Å². The molecule has 1 aliphatic heterocycles. The molecule has 1 saturated carbocycles. The molecule has 1 N–H and O–H groups in total. The van der Waals surface area contributed by atoms with Gasteiger partial charge >= 0.3 is 0 Å². The van der Waals surface area contributed by atoms with E-state index < -0.39 is 0 Å². The van der Waals surface area contributed by atoms with Gasteiger partial charge in [-0.25, -0.2) is 0 Å². The first kappa shape index (κ1) is 12.7. The molecule has 0 bridgehead atoms. The second-order valence-electron chi connectivity index (χ2n) is 5.70. The molecule has 3 rings (SSSR count). The van der Waals surface area contributed by atoms with Crippen molar-refractivity contribution >= 4 is 5.91 Å². The van der Waals surface area contributed by atoms with Crippen LogP contribution in [0.4, 0.5) is 0 Å². The predicted octanol–water partition coefficient (Wildman–Crippen LogP) is 1.97. The zero-order valence-electron chi connectivity index (χ0n) is 11.3. The molecule has 2 aliphatic rings. The van der Waals surface area contributed by atoms with Gasteiger partial charge in [-0.2, -0.15) is 0 Å². The lowest BCUT2D eigenvalue weighted by Crippen LogP contribution is -2.39. The molecule has 1 aliphatic carbocycles. The molecule has 3 heteroatoms. The summed E-state index contributed by atoms with van der Waals surface area (Å²) in [6, 6.07) is 11.2. The molecule has 3 nitrogen and oxygen atoms in total. The molecule has 1 aromatic rings. The van der Waals surface area contributed by atoms with Crippen LogP contribution < -0.4 is 5.32 Å². The van der Waals surface area contributed by atoms with Gasteiger partial charge in [0, 0.05) is 19.1 Å². The van der Waals surface area contributed by atoms with Crippen LogP contribution in [0.5, 0.6) is 0 Å². The second kappa shape index (κ2) is 5.74. The Morgan fingerprint density at radius 3 is 2.68 bits per heavy atom. The van der Waals surface area contributed by atoms with Crippen molar-refractivity contribution in [3.05, 3.63) is 35.9 Å². The third-order valence-corrected chi connectivity index (χ3v) is 4.05. The molecular formula is C16H22N2O. The Kier molecular flexibility index (Phi) is 3.83. The van der Waals surface area contributed by atoms with Crippen LogP contribution in [-0.2, 0) is 11.2 Å². The second-order valence-corrected chi connectivity index (χ2v) is 5.70. The molecule has 1 atom stereocenters. The number of rotatable bonds is 6. The van der Waals surface area contributed by atoms with E-state index in [1.807, 2.05) is 11.0 Å². The smallest absolute Gasteiger partial charge is 0.239 e. The van der Waals surface area contributed by atoms with Gasteiger partial charge in [-0.15, -0.1) is 0 Å². The molecule has 0 aromatic heterocycles. The van der Waals surface area contributed by atoms with E-state index in [9.17, 15) is 4.79 Å². The molecular weight excluding hydrogens is 236 g/mol. The highest BCUT2D eigenvalue weighted by molar-refractivity contribution is 5.84. The van der Waals surface area contributed by atoms with Gasteiger partial charge in [-0.05, 0) is 37.7 Å². The molecule has 1 aromatic carbocycles. The van der Waals surface area contributed by atoms with Gasteiger partial charge in [-0.3, -0.25) is 4.79 Å². The topological polar surface area (TPSA) is 32.3 Å². The maximum atomic E-state index is 12.2. The van der Waals surface area contributed by atoms with Crippen molar-refractivity contribution < 1.29 is 4.79 Å².